The maximum atomic E-state index is 10.3. The fourth-order valence-corrected chi connectivity index (χ4v) is 2.74. The summed E-state index contributed by atoms with van der Waals surface area (Å²) in [4.78, 5) is 14.9. The van der Waals surface area contributed by atoms with Gasteiger partial charge in [0.2, 0.25) is 0 Å². The quantitative estimate of drug-likeness (QED) is 0.421. The molecule has 1 fully saturated rings. The standard InChI is InChI=1S/C19H16N4O2.C3H5.Na/c1-4-23(3)19-7-12-5-6-14(22-16(12)10-20-19)13-8-18-15(9-17(13)24)21-11(2)25-18;1-2-3-1;/h5-10,24H,1,3-4H2,2H3;1H,2-3H2;/q-2;-1;+1. The molecule has 0 amide bonds. The molecule has 0 unspecified atom stereocenters. The Labute approximate surface area is 192 Å². The van der Waals surface area contributed by atoms with Gasteiger partial charge in [0.15, 0.2) is 11.5 Å². The maximum absolute atomic E-state index is 10.3. The van der Waals surface area contributed by atoms with Crippen LogP contribution in [0.25, 0.3) is 33.3 Å². The third kappa shape index (κ3) is 4.89. The number of nitrogens with zero attached hydrogens (tertiary/aromatic N) is 4. The smallest absolute Gasteiger partial charge is 0.535 e. The molecule has 1 aliphatic carbocycles. The molecule has 6 nitrogen and oxygen atoms in total. The van der Waals surface area contributed by atoms with Crippen LogP contribution in [0.1, 0.15) is 18.7 Å². The number of pyridine rings is 2. The Hall–Kier alpha value is -2.15. The summed E-state index contributed by atoms with van der Waals surface area (Å²) in [5, 5.41) is 11.3. The molecule has 0 saturated heterocycles. The zero-order valence-electron chi connectivity index (χ0n) is 16.7. The van der Waals surface area contributed by atoms with Crippen LogP contribution in [0.15, 0.2) is 40.9 Å². The predicted octanol–water partition coefficient (Wildman–Crippen LogP) is 1.87. The molecule has 4 aromatic rings. The van der Waals surface area contributed by atoms with Crippen LogP contribution in [0.4, 0.5) is 5.82 Å². The molecule has 5 rings (SSSR count). The summed E-state index contributed by atoms with van der Waals surface area (Å²) in [6.07, 6.45) is 6.69. The monoisotopic (exact) mass is 396 g/mol. The molecule has 0 atom stereocenters. The zero-order valence-corrected chi connectivity index (χ0v) is 18.7. The van der Waals surface area contributed by atoms with E-state index in [9.17, 15) is 5.11 Å². The van der Waals surface area contributed by atoms with Gasteiger partial charge in [-0.25, -0.2) is 27.8 Å². The van der Waals surface area contributed by atoms with Crippen LogP contribution in [-0.2, 0) is 0 Å². The van der Waals surface area contributed by atoms with Crippen molar-refractivity contribution >= 4 is 27.8 Å². The molecule has 1 saturated carbocycles. The topological polar surface area (TPSA) is 75.3 Å². The van der Waals surface area contributed by atoms with Crippen LogP contribution >= 0.6 is 0 Å². The number of aryl methyl sites for hydroxylation is 1. The fraction of sp³-hybridized carbons (Fsp3) is 0.182. The molecule has 3 heterocycles. The van der Waals surface area contributed by atoms with Gasteiger partial charge in [0, 0.05) is 23.9 Å². The molecule has 7 heteroatoms. The summed E-state index contributed by atoms with van der Waals surface area (Å²) in [6.45, 7) is 6.09. The third-order valence-corrected chi connectivity index (χ3v) is 4.33. The Morgan fingerprint density at radius 1 is 1.17 bits per heavy atom. The van der Waals surface area contributed by atoms with E-state index < -0.39 is 0 Å². The van der Waals surface area contributed by atoms with Gasteiger partial charge in [0.1, 0.15) is 11.3 Å². The van der Waals surface area contributed by atoms with Crippen LogP contribution in [0.5, 0.6) is 5.75 Å². The number of hydrogen-bond acceptors (Lipinski definition) is 6. The number of aromatic nitrogens is 3. The van der Waals surface area contributed by atoms with E-state index in [0.717, 1.165) is 16.7 Å². The SMILES string of the molecule is [CH-]1CC1.[CH2-]CN([CH2-])c1cc2ccc(-c3cc4oc(C)nc4cc3O)nc2cn1.[Na+]. The van der Waals surface area contributed by atoms with Gasteiger partial charge in [-0.3, -0.25) is 7.05 Å². The largest absolute Gasteiger partial charge is 1.00 e. The number of oxazole rings is 1. The Kier molecular flexibility index (Phi) is 6.77. The Morgan fingerprint density at radius 3 is 2.62 bits per heavy atom. The van der Waals surface area contributed by atoms with E-state index in [2.05, 4.69) is 35.3 Å². The van der Waals surface area contributed by atoms with E-state index in [1.54, 1.807) is 30.2 Å². The van der Waals surface area contributed by atoms with Crippen molar-refractivity contribution < 1.29 is 39.1 Å². The number of anilines is 1. The summed E-state index contributed by atoms with van der Waals surface area (Å²) < 4.78 is 5.55. The van der Waals surface area contributed by atoms with Crippen molar-refractivity contribution in [2.45, 2.75) is 19.8 Å². The van der Waals surface area contributed by atoms with E-state index in [1.807, 2.05) is 18.2 Å². The van der Waals surface area contributed by atoms with Crippen molar-refractivity contribution in [1.82, 2.24) is 15.0 Å². The van der Waals surface area contributed by atoms with Crippen LogP contribution in [-0.4, -0.2) is 26.6 Å². The van der Waals surface area contributed by atoms with Gasteiger partial charge in [-0.2, -0.15) is 0 Å². The molecule has 3 aromatic heterocycles. The van der Waals surface area contributed by atoms with Gasteiger partial charge in [-0.15, -0.1) is 6.54 Å². The number of phenols is 1. The van der Waals surface area contributed by atoms with Crippen molar-refractivity contribution in [1.29, 1.82) is 0 Å². The minimum atomic E-state index is 0. The molecule has 1 N–H and O–H groups in total. The summed E-state index contributed by atoms with van der Waals surface area (Å²) in [7, 11) is 3.88. The molecule has 1 aromatic carbocycles. The van der Waals surface area contributed by atoms with Crippen molar-refractivity contribution in [2.24, 2.45) is 0 Å². The van der Waals surface area contributed by atoms with Crippen molar-refractivity contribution in [3.8, 4) is 17.0 Å². The van der Waals surface area contributed by atoms with Gasteiger partial charge in [0.05, 0.1) is 23.2 Å². The Bertz CT molecular complexity index is 1140. The molecular weight excluding hydrogens is 375 g/mol. The van der Waals surface area contributed by atoms with Crippen molar-refractivity contribution in [3.05, 3.63) is 62.8 Å². The Morgan fingerprint density at radius 2 is 1.93 bits per heavy atom. The van der Waals surface area contributed by atoms with Gasteiger partial charge in [0.25, 0.3) is 0 Å². The van der Waals surface area contributed by atoms with E-state index in [0.29, 0.717) is 34.8 Å². The molecule has 0 bridgehead atoms. The Balaban J connectivity index is 0.000000551. The first kappa shape index (κ1) is 21.6. The minimum absolute atomic E-state index is 0. The second-order valence-corrected chi connectivity index (χ2v) is 6.63. The van der Waals surface area contributed by atoms with E-state index in [-0.39, 0.29) is 35.3 Å². The number of benzene rings is 1. The van der Waals surface area contributed by atoms with Crippen LogP contribution in [0, 0.1) is 27.3 Å². The normalized spacial score (nSPS) is 12.2. The summed E-state index contributed by atoms with van der Waals surface area (Å²) >= 11 is 0. The average Bonchev–Trinajstić information content (AvgIpc) is 3.54. The van der Waals surface area contributed by atoms with Crippen molar-refractivity contribution in [3.63, 3.8) is 0 Å². The number of hydrogen-bond donors (Lipinski definition) is 1. The zero-order chi connectivity index (χ0) is 19.7. The van der Waals surface area contributed by atoms with Gasteiger partial charge >= 0.3 is 29.6 Å². The molecule has 0 aliphatic heterocycles. The summed E-state index contributed by atoms with van der Waals surface area (Å²) in [5.41, 5.74) is 3.19. The first-order valence-corrected chi connectivity index (χ1v) is 9.11. The fourth-order valence-electron chi connectivity index (χ4n) is 2.74. The molecule has 1 aliphatic rings. The first-order chi connectivity index (χ1) is 13.5. The maximum Gasteiger partial charge on any atom is 1.00 e. The molecule has 144 valence electrons. The molecule has 0 spiro atoms. The summed E-state index contributed by atoms with van der Waals surface area (Å²) in [6, 6.07) is 9.04. The first-order valence-electron chi connectivity index (χ1n) is 9.11. The van der Waals surface area contributed by atoms with E-state index >= 15 is 0 Å². The van der Waals surface area contributed by atoms with Crippen molar-refractivity contribution in [2.75, 3.05) is 11.4 Å². The second kappa shape index (κ2) is 9.11. The van der Waals surface area contributed by atoms with Gasteiger partial charge in [-0.1, -0.05) is 6.07 Å². The molecular formula is C22H21N4NaO2-2. The number of aromatic hydroxyl groups is 1. The number of fused-ring (bicyclic) bond motifs is 2. The summed E-state index contributed by atoms with van der Waals surface area (Å²) in [5.74, 6) is 1.40. The van der Waals surface area contributed by atoms with Gasteiger partial charge in [-0.05, 0) is 18.2 Å². The number of rotatable bonds is 3. The predicted molar refractivity (Wildman–Crippen MR) is 111 cm³/mol. The van der Waals surface area contributed by atoms with E-state index in [1.165, 1.54) is 12.8 Å². The molecule has 0 radical (unpaired) electrons. The number of phenolic OH excluding ortho intramolecular Hbond substituents is 1. The van der Waals surface area contributed by atoms with E-state index in [4.69, 9.17) is 4.42 Å². The van der Waals surface area contributed by atoms with Gasteiger partial charge < -0.3 is 27.8 Å². The second-order valence-electron chi connectivity index (χ2n) is 6.63. The molecule has 29 heavy (non-hydrogen) atoms. The van der Waals surface area contributed by atoms with Crippen LogP contribution in [0.2, 0.25) is 0 Å². The third-order valence-electron chi connectivity index (χ3n) is 4.33. The average molecular weight is 396 g/mol. The van der Waals surface area contributed by atoms with Crippen LogP contribution < -0.4 is 34.5 Å². The van der Waals surface area contributed by atoms with Crippen LogP contribution in [0.3, 0.4) is 0 Å². The minimum Gasteiger partial charge on any atom is -0.535 e.